The number of piperidine rings is 1. The van der Waals surface area contributed by atoms with Crippen LogP contribution in [0.25, 0.3) is 0 Å². The summed E-state index contributed by atoms with van der Waals surface area (Å²) in [7, 11) is -3.53. The minimum Gasteiger partial charge on any atom is -0.379 e. The van der Waals surface area contributed by atoms with Gasteiger partial charge in [-0.05, 0) is 50.6 Å². The van der Waals surface area contributed by atoms with Crippen LogP contribution in [0.4, 0.5) is 13.2 Å². The van der Waals surface area contributed by atoms with Crippen LogP contribution in [0.5, 0.6) is 0 Å². The molecule has 0 unspecified atom stereocenters. The van der Waals surface area contributed by atoms with Gasteiger partial charge < -0.3 is 4.74 Å². The summed E-state index contributed by atoms with van der Waals surface area (Å²) in [5, 5.41) is 6.77. The Hall–Kier alpha value is -0.600. The normalized spacial score (nSPS) is 25.2. The van der Waals surface area contributed by atoms with Gasteiger partial charge in [0, 0.05) is 30.7 Å². The van der Waals surface area contributed by atoms with Gasteiger partial charge >= 0.3 is 6.18 Å². The van der Waals surface area contributed by atoms with Gasteiger partial charge in [-0.15, -0.1) is 4.33 Å². The SMILES string of the molecule is CCOC1CCC(/C(=N/OOOSCS(=O)(=O)N2CCCCC2)C(F)(F)F)CC1. The summed E-state index contributed by atoms with van der Waals surface area (Å²) < 4.78 is 75.2. The maximum Gasteiger partial charge on any atom is 0.433 e. The molecule has 0 aromatic heterocycles. The number of sulfonamides is 1. The highest BCUT2D eigenvalue weighted by Crippen LogP contribution is 2.33. The predicted molar refractivity (Wildman–Crippen MR) is 101 cm³/mol. The average molecular weight is 465 g/mol. The van der Waals surface area contributed by atoms with Crippen LogP contribution in [0.15, 0.2) is 5.16 Å². The average Bonchev–Trinajstić information content (AvgIpc) is 2.68. The fourth-order valence-electron chi connectivity index (χ4n) is 3.48. The van der Waals surface area contributed by atoms with Gasteiger partial charge in [-0.2, -0.15) is 18.2 Å². The van der Waals surface area contributed by atoms with Crippen LogP contribution in [0.1, 0.15) is 51.9 Å². The molecule has 2 aliphatic rings. The Morgan fingerprint density at radius 2 is 1.79 bits per heavy atom. The van der Waals surface area contributed by atoms with E-state index in [0.717, 1.165) is 19.3 Å². The second kappa shape index (κ2) is 11.7. The molecule has 0 aromatic rings. The third kappa shape index (κ3) is 8.21. The lowest BCUT2D eigenvalue weighted by Gasteiger charge is -2.29. The van der Waals surface area contributed by atoms with Gasteiger partial charge in [0.15, 0.2) is 5.71 Å². The lowest BCUT2D eigenvalue weighted by atomic mass is 9.84. The first-order valence-corrected chi connectivity index (χ1v) is 12.1. The van der Waals surface area contributed by atoms with Crippen molar-refractivity contribution >= 4 is 27.8 Å². The molecular formula is C16H27F3N2O6S2. The topological polar surface area (TPSA) is 86.7 Å². The Balaban J connectivity index is 1.75. The minimum atomic E-state index is -4.67. The van der Waals surface area contributed by atoms with Gasteiger partial charge in [-0.1, -0.05) is 6.42 Å². The Kier molecular flexibility index (Phi) is 9.95. The van der Waals surface area contributed by atoms with E-state index in [0.29, 0.717) is 44.6 Å². The molecule has 170 valence electrons. The Morgan fingerprint density at radius 1 is 1.14 bits per heavy atom. The van der Waals surface area contributed by atoms with Crippen molar-refractivity contribution in [1.29, 1.82) is 0 Å². The highest BCUT2D eigenvalue weighted by atomic mass is 32.3. The van der Waals surface area contributed by atoms with Crippen molar-refractivity contribution in [2.24, 2.45) is 11.1 Å². The zero-order chi connectivity index (χ0) is 21.3. The largest absolute Gasteiger partial charge is 0.433 e. The van der Waals surface area contributed by atoms with E-state index in [1.807, 2.05) is 6.92 Å². The molecule has 0 aromatic carbocycles. The van der Waals surface area contributed by atoms with Crippen LogP contribution in [-0.4, -0.2) is 55.5 Å². The molecule has 2 rings (SSSR count). The highest BCUT2D eigenvalue weighted by Gasteiger charge is 2.43. The summed E-state index contributed by atoms with van der Waals surface area (Å²) in [5.41, 5.74) is -1.08. The number of alkyl halides is 3. The Morgan fingerprint density at radius 3 is 2.38 bits per heavy atom. The summed E-state index contributed by atoms with van der Waals surface area (Å²) >= 11 is 0.410. The molecule has 13 heteroatoms. The molecule has 0 amide bonds. The van der Waals surface area contributed by atoms with Gasteiger partial charge in [0.05, 0.1) is 18.1 Å². The van der Waals surface area contributed by atoms with E-state index in [2.05, 4.69) is 19.5 Å². The summed E-state index contributed by atoms with van der Waals surface area (Å²) in [6.07, 6.45) is -0.561. The second-order valence-electron chi connectivity index (χ2n) is 6.92. The molecule has 8 nitrogen and oxygen atoms in total. The van der Waals surface area contributed by atoms with Gasteiger partial charge in [0.1, 0.15) is 5.08 Å². The zero-order valence-corrected chi connectivity index (χ0v) is 17.9. The van der Waals surface area contributed by atoms with E-state index in [1.54, 1.807) is 0 Å². The number of nitrogens with zero attached hydrogens (tertiary/aromatic N) is 2. The summed E-state index contributed by atoms with van der Waals surface area (Å²) in [4.78, 5) is 4.20. The molecule has 0 atom stereocenters. The summed E-state index contributed by atoms with van der Waals surface area (Å²) in [6.45, 7) is 3.26. The maximum atomic E-state index is 13.3. The summed E-state index contributed by atoms with van der Waals surface area (Å²) in [5.74, 6) is -0.817. The van der Waals surface area contributed by atoms with E-state index in [1.165, 1.54) is 4.31 Å². The van der Waals surface area contributed by atoms with Crippen molar-refractivity contribution in [2.45, 2.75) is 64.1 Å². The third-order valence-corrected chi connectivity index (χ3v) is 7.78. The molecule has 1 heterocycles. The second-order valence-corrected chi connectivity index (χ2v) is 9.92. The van der Waals surface area contributed by atoms with Crippen LogP contribution < -0.4 is 0 Å². The number of ether oxygens (including phenoxy) is 1. The highest BCUT2D eigenvalue weighted by molar-refractivity contribution is 8.08. The van der Waals surface area contributed by atoms with Crippen LogP contribution in [-0.2, 0) is 29.1 Å². The van der Waals surface area contributed by atoms with Crippen LogP contribution >= 0.6 is 12.0 Å². The Bertz CT molecular complexity index is 619. The molecule has 1 saturated heterocycles. The first-order valence-electron chi connectivity index (χ1n) is 9.60. The maximum absolute atomic E-state index is 13.3. The van der Waals surface area contributed by atoms with Crippen molar-refractivity contribution in [3.8, 4) is 0 Å². The molecule has 0 spiro atoms. The fraction of sp³-hybridized carbons (Fsp3) is 0.938. The smallest absolute Gasteiger partial charge is 0.379 e. The molecule has 29 heavy (non-hydrogen) atoms. The van der Waals surface area contributed by atoms with E-state index < -0.39 is 32.9 Å². The third-order valence-electron chi connectivity index (χ3n) is 4.90. The molecule has 1 aliphatic carbocycles. The van der Waals surface area contributed by atoms with Gasteiger partial charge in [0.25, 0.3) is 0 Å². The van der Waals surface area contributed by atoms with E-state index >= 15 is 0 Å². The molecule has 2 fully saturated rings. The fourth-order valence-corrected chi connectivity index (χ4v) is 5.60. The van der Waals surface area contributed by atoms with E-state index in [9.17, 15) is 21.6 Å². The Labute approximate surface area is 173 Å². The molecular weight excluding hydrogens is 437 g/mol. The number of hydrogen-bond acceptors (Lipinski definition) is 8. The minimum absolute atomic E-state index is 0.0375. The molecule has 1 saturated carbocycles. The predicted octanol–water partition coefficient (Wildman–Crippen LogP) is 3.80. The van der Waals surface area contributed by atoms with Crippen molar-refractivity contribution in [3.05, 3.63) is 0 Å². The lowest BCUT2D eigenvalue weighted by Crippen LogP contribution is -2.36. The number of halogens is 3. The van der Waals surface area contributed by atoms with Crippen LogP contribution in [0.2, 0.25) is 0 Å². The molecule has 0 radical (unpaired) electrons. The van der Waals surface area contributed by atoms with Crippen LogP contribution in [0, 0.1) is 5.92 Å². The molecule has 1 aliphatic heterocycles. The van der Waals surface area contributed by atoms with Gasteiger partial charge in [-0.3, -0.25) is 0 Å². The zero-order valence-electron chi connectivity index (χ0n) is 16.2. The standard InChI is InChI=1S/C16H27F3N2O6S2/c1-2-24-14-8-6-13(7-9-14)15(16(17,18)19)20-25-26-27-28-12-29(22,23)21-10-4-3-5-11-21/h13-14H,2-12H2,1H3/b20-15-. The molecule has 0 N–H and O–H groups in total. The van der Waals surface area contributed by atoms with E-state index in [-0.39, 0.29) is 18.9 Å². The van der Waals surface area contributed by atoms with E-state index in [4.69, 9.17) is 4.74 Å². The lowest BCUT2D eigenvalue weighted by molar-refractivity contribution is -0.462. The number of hydrogen-bond donors (Lipinski definition) is 0. The number of rotatable bonds is 10. The van der Waals surface area contributed by atoms with Crippen molar-refractivity contribution < 1.29 is 40.7 Å². The van der Waals surface area contributed by atoms with Crippen molar-refractivity contribution in [1.82, 2.24) is 4.31 Å². The van der Waals surface area contributed by atoms with Crippen molar-refractivity contribution in [3.63, 3.8) is 0 Å². The van der Waals surface area contributed by atoms with Crippen molar-refractivity contribution in [2.75, 3.05) is 24.8 Å². The first kappa shape index (κ1) is 24.7. The van der Waals surface area contributed by atoms with Gasteiger partial charge in [0.2, 0.25) is 10.0 Å². The first-order chi connectivity index (χ1) is 13.7. The summed E-state index contributed by atoms with van der Waals surface area (Å²) in [6, 6.07) is 0. The van der Waals surface area contributed by atoms with Gasteiger partial charge in [-0.25, -0.2) is 12.7 Å². The van der Waals surface area contributed by atoms with Crippen LogP contribution in [0.3, 0.4) is 0 Å². The number of oxime groups is 1. The monoisotopic (exact) mass is 464 g/mol. The molecule has 0 bridgehead atoms. The quantitative estimate of drug-likeness (QED) is 0.160.